The number of ether oxygens (including phenoxy) is 1. The first-order chi connectivity index (χ1) is 20.0. The molecular weight excluding hydrogens is 532 g/mol. The molecule has 1 atom stereocenters. The number of hydrogen-bond acceptors (Lipinski definition) is 6. The number of carboxylic acids is 1. The zero-order valence-corrected chi connectivity index (χ0v) is 23.4. The molecular formula is C34H30N2O4S. The number of anilines is 1. The number of carboxylic acid groups (broad SMARTS) is 1. The molecule has 0 aliphatic carbocycles. The molecule has 6 nitrogen and oxygen atoms in total. The van der Waals surface area contributed by atoms with Crippen LogP contribution in [-0.2, 0) is 17.6 Å². The molecule has 0 aliphatic heterocycles. The maximum absolute atomic E-state index is 13.1. The van der Waals surface area contributed by atoms with E-state index in [2.05, 4.69) is 24.4 Å². The van der Waals surface area contributed by atoms with Gasteiger partial charge in [0.05, 0.1) is 12.3 Å². The third kappa shape index (κ3) is 7.07. The van der Waals surface area contributed by atoms with Gasteiger partial charge in [0.1, 0.15) is 16.8 Å². The van der Waals surface area contributed by atoms with Gasteiger partial charge in [0.2, 0.25) is 0 Å². The highest BCUT2D eigenvalue weighted by Crippen LogP contribution is 2.28. The summed E-state index contributed by atoms with van der Waals surface area (Å²) in [5.74, 6) is -0.451. The van der Waals surface area contributed by atoms with E-state index in [-0.39, 0.29) is 12.2 Å². The maximum atomic E-state index is 13.1. The van der Waals surface area contributed by atoms with E-state index in [0.717, 1.165) is 21.8 Å². The molecule has 0 aliphatic rings. The van der Waals surface area contributed by atoms with E-state index >= 15 is 0 Å². The molecule has 206 valence electrons. The highest BCUT2D eigenvalue weighted by molar-refractivity contribution is 7.15. The Labute approximate surface area is 243 Å². The normalized spacial score (nSPS) is 11.5. The molecule has 0 unspecified atom stereocenters. The van der Waals surface area contributed by atoms with E-state index < -0.39 is 12.0 Å². The number of rotatable bonds is 12. The maximum Gasteiger partial charge on any atom is 0.326 e. The molecule has 1 aromatic heterocycles. The average Bonchev–Trinajstić information content (AvgIpc) is 3.38. The standard InChI is InChI=1S/C34H30N2O4S/c1-23-29(36-33(41-23)26-12-6-3-7-13-26)20-21-40-27-18-16-24(17-19-27)22-31(34(38)39)35-30-15-9-8-14-28(30)32(37)25-10-4-2-5-11-25/h2-19,31,35H,20-22H2,1H3,(H,38,39)/t31-/m0/s1. The van der Waals surface area contributed by atoms with Crippen molar-refractivity contribution in [2.75, 3.05) is 11.9 Å². The number of nitrogens with zero attached hydrogens (tertiary/aromatic N) is 1. The van der Waals surface area contributed by atoms with Crippen molar-refractivity contribution in [2.45, 2.75) is 25.8 Å². The molecule has 0 fully saturated rings. The number of thiazole rings is 1. The van der Waals surface area contributed by atoms with Gasteiger partial charge >= 0.3 is 5.97 Å². The Bertz CT molecular complexity index is 1620. The molecule has 0 amide bonds. The van der Waals surface area contributed by atoms with Crippen molar-refractivity contribution in [3.63, 3.8) is 0 Å². The lowest BCUT2D eigenvalue weighted by Crippen LogP contribution is -2.32. The topological polar surface area (TPSA) is 88.5 Å². The summed E-state index contributed by atoms with van der Waals surface area (Å²) in [5, 5.41) is 14.0. The van der Waals surface area contributed by atoms with Crippen LogP contribution >= 0.6 is 11.3 Å². The second-order valence-electron chi connectivity index (χ2n) is 9.61. The number of ketones is 1. The van der Waals surface area contributed by atoms with Gasteiger partial charge in [-0.3, -0.25) is 4.79 Å². The van der Waals surface area contributed by atoms with Crippen LogP contribution < -0.4 is 10.1 Å². The van der Waals surface area contributed by atoms with Gasteiger partial charge in [-0.2, -0.15) is 0 Å². The van der Waals surface area contributed by atoms with E-state index in [1.165, 1.54) is 4.88 Å². The van der Waals surface area contributed by atoms with Crippen molar-refractivity contribution in [1.82, 2.24) is 4.98 Å². The molecule has 7 heteroatoms. The number of carbonyl (C=O) groups excluding carboxylic acids is 1. The molecule has 5 rings (SSSR count). The zero-order chi connectivity index (χ0) is 28.6. The molecule has 0 saturated heterocycles. The summed E-state index contributed by atoms with van der Waals surface area (Å²) in [6.07, 6.45) is 0.937. The number of hydrogen-bond donors (Lipinski definition) is 2. The van der Waals surface area contributed by atoms with Gasteiger partial charge in [-0.05, 0) is 36.8 Å². The number of para-hydroxylation sites is 1. The second kappa shape index (κ2) is 13.1. The van der Waals surface area contributed by atoms with E-state index in [0.29, 0.717) is 35.6 Å². The van der Waals surface area contributed by atoms with E-state index in [4.69, 9.17) is 9.72 Å². The molecule has 41 heavy (non-hydrogen) atoms. The minimum absolute atomic E-state index is 0.163. The van der Waals surface area contributed by atoms with Crippen LogP contribution in [0.5, 0.6) is 5.75 Å². The summed E-state index contributed by atoms with van der Waals surface area (Å²) < 4.78 is 5.96. The van der Waals surface area contributed by atoms with Crippen LogP contribution in [0.15, 0.2) is 109 Å². The highest BCUT2D eigenvalue weighted by atomic mass is 32.1. The summed E-state index contributed by atoms with van der Waals surface area (Å²) in [7, 11) is 0. The second-order valence-corrected chi connectivity index (χ2v) is 10.8. The van der Waals surface area contributed by atoms with E-state index in [1.54, 1.807) is 59.9 Å². The molecule has 0 saturated carbocycles. The fraction of sp³-hybridized carbons (Fsp3) is 0.147. The Morgan fingerprint density at radius 2 is 1.54 bits per heavy atom. The Morgan fingerprint density at radius 3 is 2.24 bits per heavy atom. The summed E-state index contributed by atoms with van der Waals surface area (Å²) >= 11 is 1.69. The van der Waals surface area contributed by atoms with Crippen molar-refractivity contribution < 1.29 is 19.4 Å². The summed E-state index contributed by atoms with van der Waals surface area (Å²) in [5.41, 5.74) is 4.45. The van der Waals surface area contributed by atoms with Gasteiger partial charge in [0.25, 0.3) is 0 Å². The summed E-state index contributed by atoms with van der Waals surface area (Å²) in [4.78, 5) is 31.2. The van der Waals surface area contributed by atoms with Crippen LogP contribution in [0.1, 0.15) is 32.1 Å². The number of aryl methyl sites for hydroxylation is 1. The fourth-order valence-corrected chi connectivity index (χ4v) is 5.49. The third-order valence-electron chi connectivity index (χ3n) is 6.72. The van der Waals surface area contributed by atoms with Crippen LogP contribution in [0.3, 0.4) is 0 Å². The number of benzene rings is 4. The van der Waals surface area contributed by atoms with E-state index in [1.807, 2.05) is 48.5 Å². The first kappa shape index (κ1) is 27.8. The first-order valence-electron chi connectivity index (χ1n) is 13.4. The smallest absolute Gasteiger partial charge is 0.326 e. The van der Waals surface area contributed by atoms with Crippen molar-refractivity contribution in [1.29, 1.82) is 0 Å². The molecule has 2 N–H and O–H groups in total. The number of nitrogens with one attached hydrogen (secondary N) is 1. The predicted octanol–water partition coefficient (Wildman–Crippen LogP) is 7.08. The molecule has 0 spiro atoms. The Kier molecular flexibility index (Phi) is 8.86. The van der Waals surface area contributed by atoms with Crippen molar-refractivity contribution in [3.8, 4) is 16.3 Å². The lowest BCUT2D eigenvalue weighted by atomic mass is 10.00. The van der Waals surface area contributed by atoms with Gasteiger partial charge < -0.3 is 15.2 Å². The number of aliphatic carboxylic acids is 1. The molecule has 5 aromatic rings. The number of aromatic nitrogens is 1. The zero-order valence-electron chi connectivity index (χ0n) is 22.6. The van der Waals surface area contributed by atoms with Crippen LogP contribution in [0, 0.1) is 6.92 Å². The van der Waals surface area contributed by atoms with Crippen LogP contribution in [-0.4, -0.2) is 34.5 Å². The van der Waals surface area contributed by atoms with Crippen LogP contribution in [0.4, 0.5) is 5.69 Å². The summed E-state index contributed by atoms with van der Waals surface area (Å²) in [6, 6.07) is 32.6. The van der Waals surface area contributed by atoms with Crippen molar-refractivity contribution >= 4 is 28.8 Å². The SMILES string of the molecule is Cc1sc(-c2ccccc2)nc1CCOc1ccc(C[C@H](Nc2ccccc2C(=O)c2ccccc2)C(=O)O)cc1. The minimum Gasteiger partial charge on any atom is -0.493 e. The lowest BCUT2D eigenvalue weighted by Gasteiger charge is -2.18. The fourth-order valence-electron chi connectivity index (χ4n) is 4.53. The van der Waals surface area contributed by atoms with Gasteiger partial charge in [-0.15, -0.1) is 11.3 Å². The largest absolute Gasteiger partial charge is 0.493 e. The predicted molar refractivity (Wildman–Crippen MR) is 163 cm³/mol. The Hall–Kier alpha value is -4.75. The quantitative estimate of drug-likeness (QED) is 0.158. The van der Waals surface area contributed by atoms with Crippen LogP contribution in [0.25, 0.3) is 10.6 Å². The van der Waals surface area contributed by atoms with Gasteiger partial charge in [-0.25, -0.2) is 9.78 Å². The number of carbonyl (C=O) groups is 2. The van der Waals surface area contributed by atoms with Crippen molar-refractivity contribution in [3.05, 3.63) is 136 Å². The molecule has 0 radical (unpaired) electrons. The molecule has 0 bridgehead atoms. The van der Waals surface area contributed by atoms with E-state index in [9.17, 15) is 14.7 Å². The summed E-state index contributed by atoms with van der Waals surface area (Å²) in [6.45, 7) is 2.57. The minimum atomic E-state index is -0.999. The molecule has 4 aromatic carbocycles. The molecule has 1 heterocycles. The lowest BCUT2D eigenvalue weighted by molar-refractivity contribution is -0.137. The third-order valence-corrected chi connectivity index (χ3v) is 7.78. The highest BCUT2D eigenvalue weighted by Gasteiger charge is 2.21. The Balaban J connectivity index is 1.19. The van der Waals surface area contributed by atoms with Gasteiger partial charge in [-0.1, -0.05) is 84.9 Å². The average molecular weight is 563 g/mol. The van der Waals surface area contributed by atoms with Crippen molar-refractivity contribution in [2.24, 2.45) is 0 Å². The Morgan fingerprint density at radius 1 is 0.878 bits per heavy atom. The van der Waals surface area contributed by atoms with Gasteiger partial charge in [0.15, 0.2) is 5.78 Å². The van der Waals surface area contributed by atoms with Crippen LogP contribution in [0.2, 0.25) is 0 Å². The monoisotopic (exact) mass is 562 g/mol. The first-order valence-corrected chi connectivity index (χ1v) is 14.2. The van der Waals surface area contributed by atoms with Gasteiger partial charge in [0, 0.05) is 40.1 Å².